The van der Waals surface area contributed by atoms with Gasteiger partial charge >= 0.3 is 11.7 Å². The molecule has 0 unspecified atom stereocenters. The highest BCUT2D eigenvalue weighted by atomic mass is 16.4. The van der Waals surface area contributed by atoms with Gasteiger partial charge in [0.2, 0.25) is 0 Å². The fourth-order valence-electron chi connectivity index (χ4n) is 2.22. The third-order valence-corrected chi connectivity index (χ3v) is 3.63. The van der Waals surface area contributed by atoms with Crippen molar-refractivity contribution in [1.29, 1.82) is 0 Å². The molecule has 0 aliphatic heterocycles. The molecule has 2 rings (SSSR count). The van der Waals surface area contributed by atoms with Crippen LogP contribution in [0.2, 0.25) is 0 Å². The number of nitrogens with zero attached hydrogens (tertiary/aromatic N) is 2. The molecule has 128 valence electrons. The van der Waals surface area contributed by atoms with Crippen molar-refractivity contribution in [3.63, 3.8) is 0 Å². The van der Waals surface area contributed by atoms with Crippen LogP contribution >= 0.6 is 0 Å². The number of aromatic nitrogens is 3. The van der Waals surface area contributed by atoms with E-state index in [4.69, 9.17) is 5.11 Å². The van der Waals surface area contributed by atoms with Gasteiger partial charge in [-0.05, 0) is 26.3 Å². The molecule has 24 heavy (non-hydrogen) atoms. The Bertz CT molecular complexity index is 926. The Morgan fingerprint density at radius 3 is 2.67 bits per heavy atom. The molecule has 0 aromatic carbocycles. The van der Waals surface area contributed by atoms with Crippen LogP contribution in [0.25, 0.3) is 11.0 Å². The van der Waals surface area contributed by atoms with Crippen LogP contribution in [0, 0.1) is 0 Å². The van der Waals surface area contributed by atoms with E-state index in [2.05, 4.69) is 15.3 Å². The minimum atomic E-state index is -0.947. The lowest BCUT2D eigenvalue weighted by atomic mass is 9.98. The topological polar surface area (TPSA) is 134 Å². The first-order chi connectivity index (χ1) is 11.1. The number of H-pyrrole nitrogens is 1. The smallest absolute Gasteiger partial charge is 0.329 e. The maximum Gasteiger partial charge on any atom is 0.329 e. The van der Waals surface area contributed by atoms with E-state index in [9.17, 15) is 19.2 Å². The maximum atomic E-state index is 12.3. The highest BCUT2D eigenvalue weighted by Gasteiger charge is 2.23. The molecule has 2 heterocycles. The number of amides is 1. The summed E-state index contributed by atoms with van der Waals surface area (Å²) in [5.74, 6) is -1.43. The highest BCUT2D eigenvalue weighted by Crippen LogP contribution is 2.14. The summed E-state index contributed by atoms with van der Waals surface area (Å²) >= 11 is 0. The van der Waals surface area contributed by atoms with Crippen LogP contribution in [0.3, 0.4) is 0 Å². The van der Waals surface area contributed by atoms with Crippen molar-refractivity contribution in [2.75, 3.05) is 0 Å². The van der Waals surface area contributed by atoms with E-state index in [-0.39, 0.29) is 29.4 Å². The number of fused-ring (bicyclic) bond motifs is 1. The number of aromatic amines is 1. The summed E-state index contributed by atoms with van der Waals surface area (Å²) in [6, 6.07) is 1.35. The quantitative estimate of drug-likeness (QED) is 0.704. The second kappa shape index (κ2) is 6.26. The molecule has 0 bridgehead atoms. The third kappa shape index (κ3) is 3.67. The van der Waals surface area contributed by atoms with Gasteiger partial charge in [0.05, 0.1) is 10.9 Å². The summed E-state index contributed by atoms with van der Waals surface area (Å²) in [5, 5.41) is 11.6. The second-order valence-electron chi connectivity index (χ2n) is 6.15. The summed E-state index contributed by atoms with van der Waals surface area (Å²) in [4.78, 5) is 52.6. The number of rotatable bonds is 5. The van der Waals surface area contributed by atoms with Crippen molar-refractivity contribution in [1.82, 2.24) is 19.9 Å². The Labute approximate surface area is 136 Å². The zero-order chi connectivity index (χ0) is 18.1. The second-order valence-corrected chi connectivity index (χ2v) is 6.15. The molecule has 0 radical (unpaired) electrons. The number of carbonyl (C=O) groups excluding carboxylic acids is 1. The van der Waals surface area contributed by atoms with Crippen molar-refractivity contribution in [2.24, 2.45) is 7.05 Å². The van der Waals surface area contributed by atoms with Crippen molar-refractivity contribution in [3.8, 4) is 0 Å². The number of hydrogen-bond donors (Lipinski definition) is 3. The molecular weight excluding hydrogens is 316 g/mol. The van der Waals surface area contributed by atoms with Crippen LogP contribution < -0.4 is 16.6 Å². The number of pyridine rings is 1. The van der Waals surface area contributed by atoms with E-state index in [1.807, 2.05) is 0 Å². The number of carboxylic acids is 1. The summed E-state index contributed by atoms with van der Waals surface area (Å²) < 4.78 is 1.18. The predicted molar refractivity (Wildman–Crippen MR) is 86.0 cm³/mol. The van der Waals surface area contributed by atoms with Gasteiger partial charge in [0, 0.05) is 25.2 Å². The first kappa shape index (κ1) is 17.4. The van der Waals surface area contributed by atoms with E-state index < -0.39 is 28.7 Å². The molecule has 2 aromatic heterocycles. The molecule has 9 nitrogen and oxygen atoms in total. The largest absolute Gasteiger partial charge is 0.481 e. The van der Waals surface area contributed by atoms with E-state index in [0.29, 0.717) is 0 Å². The molecular formula is C15H18N4O5. The van der Waals surface area contributed by atoms with Gasteiger partial charge in [-0.2, -0.15) is 0 Å². The number of carbonyl (C=O) groups is 2. The molecule has 0 aliphatic rings. The summed E-state index contributed by atoms with van der Waals surface area (Å²) in [6.07, 6.45) is 1.44. The molecule has 0 saturated carbocycles. The Balaban J connectivity index is 2.32. The Morgan fingerprint density at radius 2 is 2.04 bits per heavy atom. The molecule has 9 heteroatoms. The van der Waals surface area contributed by atoms with Crippen molar-refractivity contribution in [2.45, 2.75) is 32.2 Å². The normalized spacial score (nSPS) is 11.5. The van der Waals surface area contributed by atoms with Crippen molar-refractivity contribution >= 4 is 22.9 Å². The number of aliphatic carboxylic acids is 1. The average Bonchev–Trinajstić information content (AvgIpc) is 2.50. The van der Waals surface area contributed by atoms with Crippen molar-refractivity contribution in [3.05, 3.63) is 38.7 Å². The lowest BCUT2D eigenvalue weighted by molar-refractivity contribution is -0.137. The van der Waals surface area contributed by atoms with E-state index in [0.717, 1.165) is 0 Å². The number of hydrogen-bond acceptors (Lipinski definition) is 5. The van der Waals surface area contributed by atoms with Gasteiger partial charge in [-0.15, -0.1) is 0 Å². The maximum absolute atomic E-state index is 12.3. The minimum Gasteiger partial charge on any atom is -0.481 e. The average molecular weight is 334 g/mol. The van der Waals surface area contributed by atoms with Gasteiger partial charge in [-0.1, -0.05) is 0 Å². The van der Waals surface area contributed by atoms with E-state index in [1.54, 1.807) is 13.8 Å². The molecule has 1 amide bonds. The van der Waals surface area contributed by atoms with Gasteiger partial charge in [-0.25, -0.2) is 9.78 Å². The molecule has 0 spiro atoms. The molecule has 0 aliphatic carbocycles. The van der Waals surface area contributed by atoms with Crippen LogP contribution in [0.15, 0.2) is 21.9 Å². The van der Waals surface area contributed by atoms with Gasteiger partial charge < -0.3 is 10.4 Å². The van der Waals surface area contributed by atoms with Crippen LogP contribution in [-0.4, -0.2) is 37.1 Å². The molecule has 3 N–H and O–H groups in total. The molecule has 2 aromatic rings. The van der Waals surface area contributed by atoms with E-state index >= 15 is 0 Å². The van der Waals surface area contributed by atoms with E-state index in [1.165, 1.54) is 23.9 Å². The zero-order valence-electron chi connectivity index (χ0n) is 13.5. The van der Waals surface area contributed by atoms with Gasteiger partial charge in [0.15, 0.2) is 0 Å². The zero-order valence-corrected chi connectivity index (χ0v) is 13.5. The standard InChI is InChI=1S/C15H18N4O5/c1-15(2,5-4-10(20)21)18-12(22)8-6-9-11(16-7-8)19(3)14(24)17-13(9)23/h6-7H,4-5H2,1-3H3,(H,18,22)(H,20,21)(H,17,23,24). The summed E-state index contributed by atoms with van der Waals surface area (Å²) in [6.45, 7) is 3.41. The third-order valence-electron chi connectivity index (χ3n) is 3.63. The Morgan fingerprint density at radius 1 is 1.38 bits per heavy atom. The summed E-state index contributed by atoms with van der Waals surface area (Å²) in [7, 11) is 1.46. The first-order valence-electron chi connectivity index (χ1n) is 7.24. The molecule has 0 fully saturated rings. The Hall–Kier alpha value is -2.97. The van der Waals surface area contributed by atoms with Crippen molar-refractivity contribution < 1.29 is 14.7 Å². The molecule has 0 saturated heterocycles. The number of aryl methyl sites for hydroxylation is 1. The first-order valence-corrected chi connectivity index (χ1v) is 7.24. The number of carboxylic acid groups (broad SMARTS) is 1. The van der Waals surface area contributed by atoms with Crippen LogP contribution in [0.5, 0.6) is 0 Å². The van der Waals surface area contributed by atoms with Gasteiger partial charge in [-0.3, -0.25) is 23.9 Å². The van der Waals surface area contributed by atoms with Crippen LogP contribution in [-0.2, 0) is 11.8 Å². The Kier molecular flexibility index (Phi) is 4.54. The van der Waals surface area contributed by atoms with Crippen LogP contribution in [0.1, 0.15) is 37.0 Å². The SMILES string of the molecule is Cn1c(=O)[nH]c(=O)c2cc(C(=O)NC(C)(C)CCC(=O)O)cnc21. The van der Waals surface area contributed by atoms with Gasteiger partial charge in [0.25, 0.3) is 11.5 Å². The monoisotopic (exact) mass is 334 g/mol. The molecule has 0 atom stereocenters. The lowest BCUT2D eigenvalue weighted by Gasteiger charge is -2.25. The lowest BCUT2D eigenvalue weighted by Crippen LogP contribution is -2.43. The fourth-order valence-corrected chi connectivity index (χ4v) is 2.22. The van der Waals surface area contributed by atoms with Gasteiger partial charge in [0.1, 0.15) is 5.65 Å². The highest BCUT2D eigenvalue weighted by molar-refractivity contribution is 5.97. The summed E-state index contributed by atoms with van der Waals surface area (Å²) in [5.41, 5.74) is -1.63. The minimum absolute atomic E-state index is 0.0783. The predicted octanol–water partition coefficient (Wildman–Crippen LogP) is -0.00500. The fraction of sp³-hybridized carbons (Fsp3) is 0.400. The van der Waals surface area contributed by atoms with Crippen LogP contribution in [0.4, 0.5) is 0 Å². The number of nitrogens with one attached hydrogen (secondary N) is 2.